The van der Waals surface area contributed by atoms with Gasteiger partial charge in [-0.1, -0.05) is 57.6 Å². The van der Waals surface area contributed by atoms with Crippen molar-refractivity contribution >= 4 is 17.5 Å². The maximum Gasteiger partial charge on any atom is 0.255 e. The van der Waals surface area contributed by atoms with E-state index in [0.29, 0.717) is 24.3 Å². The van der Waals surface area contributed by atoms with Gasteiger partial charge in [0.05, 0.1) is 40.1 Å². The zero-order chi connectivity index (χ0) is 34.4. The van der Waals surface area contributed by atoms with E-state index in [1.807, 2.05) is 0 Å². The summed E-state index contributed by atoms with van der Waals surface area (Å²) in [5.41, 5.74) is 0.486. The minimum atomic E-state index is -1.92. The average molecular weight is 669 g/mol. The minimum Gasteiger partial charge on any atom is -0.497 e. The molecule has 0 radical (unpaired) electrons. The first-order valence-electron chi connectivity index (χ1n) is 16.8. The Morgan fingerprint density at radius 2 is 1.51 bits per heavy atom. The molecule has 1 aliphatic heterocycles. The standard InChI is InChI=1S/C34H56N2O11/c1-3-4-5-6-7-8-9-10-11-12-13-14-27(32(41)35-25-15-17-26(44-2)18-16-25)36(19-21-45-23-24-46-22-20-37)33(42)31-29(39)28(38)30(40)34(43)47-31/h6-7,15-18,27-31,34,37-40,43H,3-5,8-14,19-24H2,1-2H3,(H,35,41)/b7-6-/t27?,28?,29-,30-,31?,34+/m0/s1. The molecule has 1 aliphatic rings. The van der Waals surface area contributed by atoms with Crippen LogP contribution in [0, 0.1) is 0 Å². The number of ether oxygens (including phenoxy) is 4. The van der Waals surface area contributed by atoms with Gasteiger partial charge in [-0.15, -0.1) is 0 Å². The largest absolute Gasteiger partial charge is 0.497 e. The van der Waals surface area contributed by atoms with Gasteiger partial charge in [0.15, 0.2) is 12.4 Å². The Labute approximate surface area is 278 Å². The fraction of sp³-hybridized carbons (Fsp3) is 0.706. The van der Waals surface area contributed by atoms with Crippen LogP contribution in [0.25, 0.3) is 0 Å². The highest BCUT2D eigenvalue weighted by Gasteiger charge is 2.48. The molecule has 2 rings (SSSR count). The van der Waals surface area contributed by atoms with Crippen LogP contribution in [-0.2, 0) is 23.8 Å². The molecule has 0 aliphatic carbocycles. The summed E-state index contributed by atoms with van der Waals surface area (Å²) in [6, 6.07) is 5.72. The molecule has 1 aromatic carbocycles. The van der Waals surface area contributed by atoms with Crippen LogP contribution in [-0.4, -0.2) is 126 Å². The summed E-state index contributed by atoms with van der Waals surface area (Å²) in [6.45, 7) is 2.52. The maximum atomic E-state index is 13.9. The molecular weight excluding hydrogens is 612 g/mol. The summed E-state index contributed by atoms with van der Waals surface area (Å²) >= 11 is 0. The molecule has 268 valence electrons. The Bertz CT molecular complexity index is 1030. The number of amides is 2. The lowest BCUT2D eigenvalue weighted by Gasteiger charge is -2.41. The number of aliphatic hydroxyl groups excluding tert-OH is 5. The van der Waals surface area contributed by atoms with Crippen molar-refractivity contribution in [2.24, 2.45) is 0 Å². The third-order valence-corrected chi connectivity index (χ3v) is 7.97. The van der Waals surface area contributed by atoms with E-state index in [1.165, 1.54) is 24.9 Å². The number of anilines is 1. The van der Waals surface area contributed by atoms with Crippen LogP contribution in [0.4, 0.5) is 5.69 Å². The van der Waals surface area contributed by atoms with Crippen molar-refractivity contribution in [3.8, 4) is 5.75 Å². The number of rotatable bonds is 24. The Balaban J connectivity index is 2.18. The summed E-state index contributed by atoms with van der Waals surface area (Å²) in [5.74, 6) is -0.707. The number of allylic oxidation sites excluding steroid dienone is 2. The third kappa shape index (κ3) is 14.6. The van der Waals surface area contributed by atoms with Gasteiger partial charge in [-0.25, -0.2) is 0 Å². The Morgan fingerprint density at radius 3 is 2.17 bits per heavy atom. The summed E-state index contributed by atoms with van der Waals surface area (Å²) in [5, 5.41) is 52.7. The molecule has 3 unspecified atom stereocenters. The van der Waals surface area contributed by atoms with E-state index >= 15 is 0 Å². The van der Waals surface area contributed by atoms with Crippen LogP contribution in [0.2, 0.25) is 0 Å². The molecule has 2 amide bonds. The number of carbonyl (C=O) groups excluding carboxylic acids is 2. The molecule has 0 aromatic heterocycles. The molecule has 6 N–H and O–H groups in total. The lowest BCUT2D eigenvalue weighted by molar-refractivity contribution is -0.278. The summed E-state index contributed by atoms with van der Waals surface area (Å²) in [6.07, 6.45) is 4.64. The van der Waals surface area contributed by atoms with Crippen molar-refractivity contribution in [2.75, 3.05) is 52.0 Å². The first-order chi connectivity index (χ1) is 22.7. The Hall–Kier alpha value is -2.62. The van der Waals surface area contributed by atoms with E-state index in [2.05, 4.69) is 24.4 Å². The van der Waals surface area contributed by atoms with Gasteiger partial charge in [0.2, 0.25) is 5.91 Å². The molecule has 1 aromatic rings. The lowest BCUT2D eigenvalue weighted by atomic mass is 9.96. The SMILES string of the molecule is CCCC/C=C\CCCCCCCC(C(=O)Nc1ccc(OC)cc1)N(CCOCCOCCO)C(=O)C1O[C@@H](O)[C@@H](O)C(O)[C@@H]1O. The van der Waals surface area contributed by atoms with E-state index < -0.39 is 48.6 Å². The molecule has 1 heterocycles. The Kier molecular flexibility index (Phi) is 20.4. The second-order valence-corrected chi connectivity index (χ2v) is 11.6. The van der Waals surface area contributed by atoms with Gasteiger partial charge in [0.25, 0.3) is 5.91 Å². The molecule has 13 nitrogen and oxygen atoms in total. The number of nitrogens with zero attached hydrogens (tertiary/aromatic N) is 1. The van der Waals surface area contributed by atoms with E-state index in [-0.39, 0.29) is 39.6 Å². The van der Waals surface area contributed by atoms with Gasteiger partial charge in [-0.3, -0.25) is 9.59 Å². The number of methoxy groups -OCH3 is 1. The molecule has 1 saturated heterocycles. The summed E-state index contributed by atoms with van der Waals surface area (Å²) in [4.78, 5) is 29.0. The number of carbonyl (C=O) groups is 2. The number of benzene rings is 1. The van der Waals surface area contributed by atoms with Crippen LogP contribution in [0.5, 0.6) is 5.75 Å². The van der Waals surface area contributed by atoms with Crippen molar-refractivity contribution in [3.05, 3.63) is 36.4 Å². The van der Waals surface area contributed by atoms with Crippen LogP contribution < -0.4 is 10.1 Å². The van der Waals surface area contributed by atoms with Crippen molar-refractivity contribution < 1.29 is 54.1 Å². The van der Waals surface area contributed by atoms with E-state index in [9.17, 15) is 30.0 Å². The van der Waals surface area contributed by atoms with Crippen LogP contribution in [0.15, 0.2) is 36.4 Å². The normalized spacial score (nSPS) is 21.9. The van der Waals surface area contributed by atoms with Gasteiger partial charge in [0, 0.05) is 12.2 Å². The van der Waals surface area contributed by atoms with E-state index in [4.69, 9.17) is 24.1 Å². The van der Waals surface area contributed by atoms with Crippen LogP contribution in [0.3, 0.4) is 0 Å². The molecule has 0 bridgehead atoms. The van der Waals surface area contributed by atoms with Gasteiger partial charge >= 0.3 is 0 Å². The molecule has 47 heavy (non-hydrogen) atoms. The van der Waals surface area contributed by atoms with Crippen LogP contribution >= 0.6 is 0 Å². The molecule has 0 saturated carbocycles. The van der Waals surface area contributed by atoms with Gasteiger partial charge < -0.3 is 54.7 Å². The van der Waals surface area contributed by atoms with Crippen molar-refractivity contribution in [3.63, 3.8) is 0 Å². The van der Waals surface area contributed by atoms with Crippen molar-refractivity contribution in [2.45, 2.75) is 108 Å². The second-order valence-electron chi connectivity index (χ2n) is 11.6. The average Bonchev–Trinajstić information content (AvgIpc) is 3.07. The highest BCUT2D eigenvalue weighted by Crippen LogP contribution is 2.24. The fourth-order valence-electron chi connectivity index (χ4n) is 5.21. The second kappa shape index (κ2) is 23.7. The monoisotopic (exact) mass is 668 g/mol. The van der Waals surface area contributed by atoms with Gasteiger partial charge in [-0.2, -0.15) is 0 Å². The molecular formula is C34H56N2O11. The first kappa shape index (κ1) is 40.6. The number of hydrogen-bond acceptors (Lipinski definition) is 11. The number of hydrogen-bond donors (Lipinski definition) is 6. The maximum absolute atomic E-state index is 13.9. The number of nitrogens with one attached hydrogen (secondary N) is 1. The predicted octanol–water partition coefficient (Wildman–Crippen LogP) is 2.13. The quantitative estimate of drug-likeness (QED) is 0.0700. The van der Waals surface area contributed by atoms with E-state index in [1.54, 1.807) is 24.3 Å². The van der Waals surface area contributed by atoms with Crippen molar-refractivity contribution in [1.82, 2.24) is 4.90 Å². The molecule has 13 heteroatoms. The van der Waals surface area contributed by atoms with Crippen LogP contribution in [0.1, 0.15) is 71.1 Å². The molecule has 1 fully saturated rings. The van der Waals surface area contributed by atoms with E-state index in [0.717, 1.165) is 38.5 Å². The summed E-state index contributed by atoms with van der Waals surface area (Å²) < 4.78 is 21.3. The Morgan fingerprint density at radius 1 is 0.872 bits per heavy atom. The van der Waals surface area contributed by atoms with Gasteiger partial charge in [0.1, 0.15) is 30.1 Å². The first-order valence-corrected chi connectivity index (χ1v) is 16.8. The highest BCUT2D eigenvalue weighted by atomic mass is 16.6. The lowest BCUT2D eigenvalue weighted by Crippen LogP contribution is -2.63. The molecule has 0 spiro atoms. The van der Waals surface area contributed by atoms with Crippen molar-refractivity contribution in [1.29, 1.82) is 0 Å². The topological polar surface area (TPSA) is 187 Å². The molecule has 6 atom stereocenters. The zero-order valence-electron chi connectivity index (χ0n) is 27.9. The minimum absolute atomic E-state index is 0.00284. The zero-order valence-corrected chi connectivity index (χ0v) is 27.9. The third-order valence-electron chi connectivity index (χ3n) is 7.97. The number of unbranched alkanes of at least 4 members (excludes halogenated alkanes) is 7. The van der Waals surface area contributed by atoms with Gasteiger partial charge in [-0.05, 0) is 49.9 Å². The smallest absolute Gasteiger partial charge is 0.255 e. The number of aliphatic hydroxyl groups is 5. The fourth-order valence-corrected chi connectivity index (χ4v) is 5.21. The predicted molar refractivity (Wildman–Crippen MR) is 176 cm³/mol. The highest BCUT2D eigenvalue weighted by molar-refractivity contribution is 5.98. The summed E-state index contributed by atoms with van der Waals surface area (Å²) in [7, 11) is 1.53.